The Balaban J connectivity index is 1.91. The minimum atomic E-state index is -3.32. The molecule has 2 aromatic carbocycles. The Morgan fingerprint density at radius 2 is 1.80 bits per heavy atom. The zero-order valence-electron chi connectivity index (χ0n) is 11.0. The number of ether oxygens (including phenoxy) is 1. The van der Waals surface area contributed by atoms with Gasteiger partial charge in [0.15, 0.2) is 0 Å². The van der Waals surface area contributed by atoms with Gasteiger partial charge in [0.1, 0.15) is 12.4 Å². The van der Waals surface area contributed by atoms with Gasteiger partial charge in [-0.25, -0.2) is 8.42 Å². The van der Waals surface area contributed by atoms with Gasteiger partial charge >= 0.3 is 0 Å². The highest BCUT2D eigenvalue weighted by atomic mass is 32.2. The molecular formula is C16H14O3S. The molecule has 0 bridgehead atoms. The molecule has 1 aliphatic rings. The van der Waals surface area contributed by atoms with Crippen LogP contribution in [0.25, 0.3) is 5.57 Å². The lowest BCUT2D eigenvalue weighted by Gasteiger charge is -2.08. The maximum atomic E-state index is 12.1. The summed E-state index contributed by atoms with van der Waals surface area (Å²) in [6.45, 7) is 2.20. The number of para-hydroxylation sites is 1. The van der Waals surface area contributed by atoms with Gasteiger partial charge in [0.2, 0.25) is 9.84 Å². The molecule has 0 saturated carbocycles. The van der Waals surface area contributed by atoms with Crippen LogP contribution in [0.15, 0.2) is 58.8 Å². The molecule has 1 aliphatic heterocycles. The Bertz CT molecular complexity index is 775. The smallest absolute Gasteiger partial charge is 0.200 e. The molecule has 0 saturated heterocycles. The zero-order chi connectivity index (χ0) is 14.2. The second kappa shape index (κ2) is 4.80. The molecule has 1 heterocycles. The minimum absolute atomic E-state index is 0.250. The molecule has 3 nitrogen and oxygen atoms in total. The monoisotopic (exact) mass is 286 g/mol. The van der Waals surface area contributed by atoms with E-state index in [9.17, 15) is 8.42 Å². The summed E-state index contributed by atoms with van der Waals surface area (Å²) in [5.74, 6) is 0.729. The summed E-state index contributed by atoms with van der Waals surface area (Å²) in [7, 11) is -3.32. The van der Waals surface area contributed by atoms with Gasteiger partial charge in [-0.05, 0) is 25.1 Å². The minimum Gasteiger partial charge on any atom is -0.489 e. The van der Waals surface area contributed by atoms with Crippen LogP contribution in [0.5, 0.6) is 5.75 Å². The van der Waals surface area contributed by atoms with Gasteiger partial charge in [0.25, 0.3) is 0 Å². The van der Waals surface area contributed by atoms with Crippen LogP contribution in [-0.4, -0.2) is 15.0 Å². The van der Waals surface area contributed by atoms with Crippen molar-refractivity contribution in [3.63, 3.8) is 0 Å². The maximum absolute atomic E-state index is 12.1. The topological polar surface area (TPSA) is 43.4 Å². The van der Waals surface area contributed by atoms with Crippen LogP contribution in [0.1, 0.15) is 11.1 Å². The SMILES string of the molecule is Cc1ccc2c(c1)C(COc1ccccc1)=CS2(=O)=O. The molecule has 0 unspecified atom stereocenters. The average Bonchev–Trinajstić information content (AvgIpc) is 2.68. The normalized spacial score (nSPS) is 15.6. The van der Waals surface area contributed by atoms with Crippen molar-refractivity contribution >= 4 is 15.4 Å². The van der Waals surface area contributed by atoms with E-state index in [0.717, 1.165) is 16.9 Å². The van der Waals surface area contributed by atoms with Crippen LogP contribution < -0.4 is 4.74 Å². The van der Waals surface area contributed by atoms with E-state index in [1.54, 1.807) is 6.07 Å². The summed E-state index contributed by atoms with van der Waals surface area (Å²) in [6.07, 6.45) is 0. The van der Waals surface area contributed by atoms with E-state index in [1.165, 1.54) is 5.41 Å². The maximum Gasteiger partial charge on any atom is 0.200 e. The zero-order valence-corrected chi connectivity index (χ0v) is 11.9. The van der Waals surface area contributed by atoms with E-state index in [1.807, 2.05) is 49.4 Å². The number of aryl methyl sites for hydroxylation is 1. The van der Waals surface area contributed by atoms with Crippen molar-refractivity contribution in [3.05, 3.63) is 65.1 Å². The Labute approximate surface area is 118 Å². The summed E-state index contributed by atoms with van der Waals surface area (Å²) >= 11 is 0. The quantitative estimate of drug-likeness (QED) is 0.870. The molecule has 20 heavy (non-hydrogen) atoms. The summed E-state index contributed by atoms with van der Waals surface area (Å²) in [5.41, 5.74) is 2.49. The van der Waals surface area contributed by atoms with Crippen LogP contribution in [0.3, 0.4) is 0 Å². The van der Waals surface area contributed by atoms with E-state index < -0.39 is 9.84 Å². The summed E-state index contributed by atoms with van der Waals surface area (Å²) in [6, 6.07) is 14.7. The Morgan fingerprint density at radius 1 is 1.05 bits per heavy atom. The number of sulfone groups is 1. The Hall–Kier alpha value is -2.07. The molecule has 3 rings (SSSR count). The van der Waals surface area contributed by atoms with Gasteiger partial charge in [-0.15, -0.1) is 0 Å². The largest absolute Gasteiger partial charge is 0.489 e. The highest BCUT2D eigenvalue weighted by molar-refractivity contribution is 7.95. The van der Waals surface area contributed by atoms with E-state index in [0.29, 0.717) is 10.5 Å². The Kier molecular flexibility index (Phi) is 3.10. The van der Waals surface area contributed by atoms with Crippen molar-refractivity contribution in [2.75, 3.05) is 6.61 Å². The number of rotatable bonds is 3. The second-order valence-corrected chi connectivity index (χ2v) is 6.55. The summed E-state index contributed by atoms with van der Waals surface area (Å²) < 4.78 is 29.8. The number of benzene rings is 2. The summed E-state index contributed by atoms with van der Waals surface area (Å²) in [4.78, 5) is 0.370. The van der Waals surface area contributed by atoms with Crippen molar-refractivity contribution < 1.29 is 13.2 Å². The lowest BCUT2D eigenvalue weighted by Crippen LogP contribution is -1.99. The third kappa shape index (κ3) is 2.34. The first-order valence-corrected chi connectivity index (χ1v) is 7.85. The molecule has 0 spiro atoms. The van der Waals surface area contributed by atoms with Gasteiger partial charge in [0.05, 0.1) is 4.90 Å². The fourth-order valence-electron chi connectivity index (χ4n) is 2.25. The lowest BCUT2D eigenvalue weighted by molar-refractivity contribution is 0.370. The average molecular weight is 286 g/mol. The molecule has 4 heteroatoms. The van der Waals surface area contributed by atoms with Gasteiger partial charge in [-0.3, -0.25) is 0 Å². The first kappa shape index (κ1) is 12.9. The van der Waals surface area contributed by atoms with E-state index in [2.05, 4.69) is 0 Å². The molecule has 0 N–H and O–H groups in total. The third-order valence-corrected chi connectivity index (χ3v) is 4.79. The number of hydrogen-bond acceptors (Lipinski definition) is 3. The molecule has 0 aromatic heterocycles. The highest BCUT2D eigenvalue weighted by Crippen LogP contribution is 2.34. The van der Waals surface area contributed by atoms with Crippen LogP contribution in [0.2, 0.25) is 0 Å². The van der Waals surface area contributed by atoms with E-state index in [4.69, 9.17) is 4.74 Å². The fraction of sp³-hybridized carbons (Fsp3) is 0.125. The van der Waals surface area contributed by atoms with Gasteiger partial charge in [0, 0.05) is 16.5 Å². The second-order valence-electron chi connectivity index (χ2n) is 4.79. The molecule has 0 amide bonds. The van der Waals surface area contributed by atoms with Gasteiger partial charge < -0.3 is 4.74 Å². The van der Waals surface area contributed by atoms with Crippen LogP contribution in [0.4, 0.5) is 0 Å². The van der Waals surface area contributed by atoms with E-state index in [-0.39, 0.29) is 6.61 Å². The molecule has 0 radical (unpaired) electrons. The molecule has 0 aliphatic carbocycles. The number of fused-ring (bicyclic) bond motifs is 1. The first-order chi connectivity index (χ1) is 9.56. The first-order valence-electron chi connectivity index (χ1n) is 6.31. The molecule has 2 aromatic rings. The molecular weight excluding hydrogens is 272 g/mol. The number of hydrogen-bond donors (Lipinski definition) is 0. The third-order valence-electron chi connectivity index (χ3n) is 3.22. The van der Waals surface area contributed by atoms with Crippen LogP contribution in [-0.2, 0) is 9.84 Å². The van der Waals surface area contributed by atoms with Crippen molar-refractivity contribution in [1.82, 2.24) is 0 Å². The van der Waals surface area contributed by atoms with Crippen molar-refractivity contribution in [2.24, 2.45) is 0 Å². The van der Waals surface area contributed by atoms with Crippen LogP contribution in [0, 0.1) is 6.92 Å². The van der Waals surface area contributed by atoms with Gasteiger partial charge in [-0.1, -0.05) is 35.9 Å². The van der Waals surface area contributed by atoms with E-state index >= 15 is 0 Å². The lowest BCUT2D eigenvalue weighted by atomic mass is 10.1. The molecule has 102 valence electrons. The highest BCUT2D eigenvalue weighted by Gasteiger charge is 2.26. The molecule has 0 fully saturated rings. The van der Waals surface area contributed by atoms with Crippen molar-refractivity contribution in [1.29, 1.82) is 0 Å². The van der Waals surface area contributed by atoms with Gasteiger partial charge in [-0.2, -0.15) is 0 Å². The van der Waals surface area contributed by atoms with Crippen molar-refractivity contribution in [3.8, 4) is 5.75 Å². The molecule has 0 atom stereocenters. The standard InChI is InChI=1S/C16H14O3S/c1-12-7-8-16-15(9-12)13(11-20(16,17)18)10-19-14-5-3-2-4-6-14/h2-9,11H,10H2,1H3. The van der Waals surface area contributed by atoms with Crippen LogP contribution >= 0.6 is 0 Å². The summed E-state index contributed by atoms with van der Waals surface area (Å²) in [5, 5.41) is 1.31. The Morgan fingerprint density at radius 3 is 2.55 bits per heavy atom. The predicted molar refractivity (Wildman–Crippen MR) is 78.3 cm³/mol. The predicted octanol–water partition coefficient (Wildman–Crippen LogP) is 3.20. The fourth-order valence-corrected chi connectivity index (χ4v) is 3.70. The van der Waals surface area contributed by atoms with Crippen molar-refractivity contribution in [2.45, 2.75) is 11.8 Å².